The van der Waals surface area contributed by atoms with Gasteiger partial charge in [-0.05, 0) is 59.7 Å². The first-order chi connectivity index (χ1) is 24.4. The number of alkyl halides is 3. The molecule has 51 heavy (non-hydrogen) atoms. The molecule has 0 bridgehead atoms. The Hall–Kier alpha value is -4.22. The van der Waals surface area contributed by atoms with E-state index in [1.165, 1.54) is 6.20 Å². The van der Waals surface area contributed by atoms with E-state index in [-0.39, 0.29) is 18.0 Å². The Balaban J connectivity index is 0.000000199. The summed E-state index contributed by atoms with van der Waals surface area (Å²) in [6.45, 7) is 4.32. The quantitative estimate of drug-likeness (QED) is 0.117. The Labute approximate surface area is 305 Å². The molecular weight excluding hydrogens is 736 g/mol. The Morgan fingerprint density at radius 2 is 1.18 bits per heavy atom. The lowest BCUT2D eigenvalue weighted by atomic mass is 10.1. The topological polar surface area (TPSA) is 151 Å². The molecule has 0 unspecified atom stereocenters. The lowest BCUT2D eigenvalue weighted by Gasteiger charge is -2.24. The van der Waals surface area contributed by atoms with Crippen LogP contribution in [0.3, 0.4) is 0 Å². The van der Waals surface area contributed by atoms with E-state index < -0.39 is 23.8 Å². The highest BCUT2D eigenvalue weighted by Crippen LogP contribution is 2.31. The molecule has 2 aromatic carbocycles. The zero-order valence-corrected chi connectivity index (χ0v) is 28.9. The van der Waals surface area contributed by atoms with Crippen LogP contribution in [0.15, 0.2) is 73.1 Å². The predicted molar refractivity (Wildman–Crippen MR) is 190 cm³/mol. The van der Waals surface area contributed by atoms with Crippen LogP contribution in [0.1, 0.15) is 28.9 Å². The summed E-state index contributed by atoms with van der Waals surface area (Å²) in [5.74, 6) is 0.376. The normalized spacial score (nSPS) is 17.4. The highest BCUT2D eigenvalue weighted by molar-refractivity contribution is 6.34. The number of halogens is 6. The number of urea groups is 2. The van der Waals surface area contributed by atoms with Crippen molar-refractivity contribution < 1.29 is 32.2 Å². The van der Waals surface area contributed by atoms with Crippen molar-refractivity contribution in [1.82, 2.24) is 20.6 Å². The molecule has 0 aliphatic carbocycles. The maximum Gasteiger partial charge on any atom is 0.417 e. The number of carbonyl (C=O) groups excluding carboxylic acids is 2. The molecule has 6 rings (SSSR count). The van der Waals surface area contributed by atoms with E-state index in [1.54, 1.807) is 42.5 Å². The van der Waals surface area contributed by atoms with Gasteiger partial charge >= 0.3 is 18.2 Å². The third kappa shape index (κ3) is 11.4. The van der Waals surface area contributed by atoms with Crippen LogP contribution >= 0.6 is 34.8 Å². The van der Waals surface area contributed by atoms with Crippen LogP contribution in [-0.2, 0) is 15.7 Å². The van der Waals surface area contributed by atoms with Crippen molar-refractivity contribution in [2.24, 2.45) is 0 Å². The molecule has 0 saturated carbocycles. The van der Waals surface area contributed by atoms with Crippen LogP contribution in [-0.4, -0.2) is 61.4 Å². The van der Waals surface area contributed by atoms with Crippen LogP contribution < -0.4 is 31.9 Å². The molecule has 2 atom stereocenters. The van der Waals surface area contributed by atoms with Crippen LogP contribution in [0.2, 0.25) is 15.1 Å². The number of amides is 4. The molecule has 4 heterocycles. The lowest BCUT2D eigenvalue weighted by Crippen LogP contribution is -2.33. The van der Waals surface area contributed by atoms with Crippen LogP contribution in [0.25, 0.3) is 0 Å². The van der Waals surface area contributed by atoms with Crippen molar-refractivity contribution in [2.45, 2.75) is 18.4 Å². The van der Waals surface area contributed by atoms with Crippen molar-refractivity contribution in [3.05, 3.63) is 105 Å². The molecule has 2 fully saturated rings. The lowest BCUT2D eigenvalue weighted by molar-refractivity contribution is -0.137. The van der Waals surface area contributed by atoms with Crippen molar-refractivity contribution >= 4 is 69.9 Å². The number of nitrogens with zero attached hydrogens (tertiary/aromatic N) is 2. The number of hydrogen-bond donors (Lipinski definition) is 6. The zero-order valence-electron chi connectivity index (χ0n) is 26.6. The second-order valence-corrected chi connectivity index (χ2v) is 12.3. The van der Waals surface area contributed by atoms with E-state index in [2.05, 4.69) is 41.9 Å². The highest BCUT2D eigenvalue weighted by Gasteiger charge is 2.30. The summed E-state index contributed by atoms with van der Waals surface area (Å²) >= 11 is 18.2. The molecule has 18 heteroatoms. The number of anilines is 4. The minimum absolute atomic E-state index is 0.0186. The number of hydrogen-bond acceptors (Lipinski definition) is 8. The van der Waals surface area contributed by atoms with Gasteiger partial charge in [-0.15, -0.1) is 0 Å². The summed E-state index contributed by atoms with van der Waals surface area (Å²) in [7, 11) is 0. The standard InChI is InChI=1S/C17H16ClF3N4O2.C16H16Cl2N4O2/c18-12-7-10(14-9-22-5-6-27-14)1-3-13(12)24-16(26)25-15-4-2-11(8-23-15)17(19,20)21;17-11-2-4-15(20-8-11)22-16(23)21-13-3-1-10(7-12(13)18)14-9-19-5-6-24-14/h1-4,7-8,14,22H,5-6,9H2,(H2,23,24,25,26);1-4,7-8,14,19H,5-6,9H2,(H2,20,21,22,23)/t2*14-/m00/s1. The van der Waals surface area contributed by atoms with Crippen molar-refractivity contribution in [1.29, 1.82) is 0 Å². The zero-order chi connectivity index (χ0) is 36.4. The highest BCUT2D eigenvalue weighted by atomic mass is 35.5. The van der Waals surface area contributed by atoms with Gasteiger partial charge in [0.25, 0.3) is 0 Å². The molecular formula is C33H32Cl3F3N8O4. The summed E-state index contributed by atoms with van der Waals surface area (Å²) < 4.78 is 48.9. The molecule has 4 aromatic rings. The summed E-state index contributed by atoms with van der Waals surface area (Å²) in [6, 6.07) is 14.6. The number of nitrogens with one attached hydrogen (secondary N) is 6. The van der Waals surface area contributed by atoms with Gasteiger partial charge in [0.2, 0.25) is 0 Å². The summed E-state index contributed by atoms with van der Waals surface area (Å²) in [5, 5.41) is 17.9. The fourth-order valence-electron chi connectivity index (χ4n) is 4.85. The third-order valence-corrected chi connectivity index (χ3v) is 8.23. The smallest absolute Gasteiger partial charge is 0.371 e. The SMILES string of the molecule is O=C(Nc1ccc(C(F)(F)F)cn1)Nc1ccc([C@@H]2CNCCO2)cc1Cl.O=C(Nc1ccc(Cl)cn1)Nc1ccc([C@@H]2CNCCO2)cc1Cl. The average Bonchev–Trinajstić information content (AvgIpc) is 3.12. The minimum Gasteiger partial charge on any atom is -0.371 e. The Morgan fingerprint density at radius 1 is 0.686 bits per heavy atom. The van der Waals surface area contributed by atoms with Crippen LogP contribution in [0.5, 0.6) is 0 Å². The van der Waals surface area contributed by atoms with Crippen LogP contribution in [0.4, 0.5) is 45.8 Å². The van der Waals surface area contributed by atoms with Gasteiger partial charge in [-0.2, -0.15) is 13.2 Å². The molecule has 2 aliphatic rings. The van der Waals surface area contributed by atoms with Crippen LogP contribution in [0, 0.1) is 0 Å². The number of rotatable bonds is 6. The molecule has 12 nitrogen and oxygen atoms in total. The number of morpholine rings is 2. The van der Waals surface area contributed by atoms with Gasteiger partial charge in [0.15, 0.2) is 0 Å². The maximum absolute atomic E-state index is 12.5. The number of pyridine rings is 2. The second kappa shape index (κ2) is 17.8. The first kappa shape index (κ1) is 38.0. The van der Waals surface area contributed by atoms with E-state index in [4.69, 9.17) is 44.3 Å². The van der Waals surface area contributed by atoms with Gasteiger partial charge in [0, 0.05) is 38.6 Å². The number of aromatic nitrogens is 2. The van der Waals surface area contributed by atoms with E-state index in [0.29, 0.717) is 58.2 Å². The Kier molecular flexibility index (Phi) is 13.3. The molecule has 270 valence electrons. The number of benzene rings is 2. The molecule has 2 aliphatic heterocycles. The molecule has 2 aromatic heterocycles. The fourth-order valence-corrected chi connectivity index (χ4v) is 5.43. The Morgan fingerprint density at radius 3 is 1.55 bits per heavy atom. The first-order valence-electron chi connectivity index (χ1n) is 15.5. The summed E-state index contributed by atoms with van der Waals surface area (Å²) in [5.41, 5.74) is 1.82. The predicted octanol–water partition coefficient (Wildman–Crippen LogP) is 7.75. The van der Waals surface area contributed by atoms with E-state index in [0.717, 1.165) is 42.9 Å². The van der Waals surface area contributed by atoms with Gasteiger partial charge in [-0.25, -0.2) is 19.6 Å². The second-order valence-electron chi connectivity index (χ2n) is 11.1. The van der Waals surface area contributed by atoms with E-state index >= 15 is 0 Å². The maximum atomic E-state index is 12.5. The van der Waals surface area contributed by atoms with Crippen molar-refractivity contribution in [3.63, 3.8) is 0 Å². The summed E-state index contributed by atoms with van der Waals surface area (Å²) in [6.07, 6.45) is -2.53. The monoisotopic (exact) mass is 766 g/mol. The van der Waals surface area contributed by atoms with E-state index in [9.17, 15) is 22.8 Å². The molecule has 0 radical (unpaired) electrons. The van der Waals surface area contributed by atoms with Crippen molar-refractivity contribution in [3.8, 4) is 0 Å². The van der Waals surface area contributed by atoms with Gasteiger partial charge in [0.05, 0.1) is 57.4 Å². The van der Waals surface area contributed by atoms with Crippen molar-refractivity contribution in [2.75, 3.05) is 60.7 Å². The first-order valence-corrected chi connectivity index (χ1v) is 16.6. The summed E-state index contributed by atoms with van der Waals surface area (Å²) in [4.78, 5) is 31.6. The molecule has 2 saturated heterocycles. The largest absolute Gasteiger partial charge is 0.417 e. The number of ether oxygens (including phenoxy) is 2. The van der Waals surface area contributed by atoms with Gasteiger partial charge < -0.3 is 30.7 Å². The average molecular weight is 768 g/mol. The number of carbonyl (C=O) groups is 2. The molecule has 4 amide bonds. The minimum atomic E-state index is -4.49. The van der Waals surface area contributed by atoms with E-state index in [1.807, 2.05) is 6.07 Å². The van der Waals surface area contributed by atoms with Gasteiger partial charge in [-0.1, -0.05) is 46.9 Å². The Bertz CT molecular complexity index is 1790. The molecule has 6 N–H and O–H groups in total. The third-order valence-electron chi connectivity index (χ3n) is 7.38. The van der Waals surface area contributed by atoms with Gasteiger partial charge in [-0.3, -0.25) is 10.6 Å². The molecule has 0 spiro atoms. The van der Waals surface area contributed by atoms with Gasteiger partial charge in [0.1, 0.15) is 11.6 Å². The fraction of sp³-hybridized carbons (Fsp3) is 0.273.